The Morgan fingerprint density at radius 1 is 0.840 bits per heavy atom. The molecule has 4 aromatic rings. The first kappa shape index (κ1) is 18.5. The van der Waals surface area contributed by atoms with Crippen molar-refractivity contribution in [2.75, 3.05) is 5.75 Å². The van der Waals surface area contributed by atoms with Crippen LogP contribution in [0.5, 0.6) is 5.75 Å². The van der Waals surface area contributed by atoms with Gasteiger partial charge >= 0.3 is 10.1 Å². The van der Waals surface area contributed by atoms with E-state index in [0.29, 0.717) is 12.2 Å². The monoisotopic (exact) mass is 361 g/mol. The summed E-state index contributed by atoms with van der Waals surface area (Å²) in [5.74, 6) is 0.461. The third kappa shape index (κ3) is 3.36. The van der Waals surface area contributed by atoms with E-state index < -0.39 is 10.1 Å². The maximum absolute atomic E-state index is 12.2. The number of hydrogen-bond donors (Lipinski definition) is 0. The van der Waals surface area contributed by atoms with E-state index in [1.165, 1.54) is 0 Å². The Bertz CT molecular complexity index is 1120. The van der Waals surface area contributed by atoms with Crippen LogP contribution in [0.3, 0.4) is 0 Å². The van der Waals surface area contributed by atoms with E-state index in [-0.39, 0.29) is 35.3 Å². The maximum Gasteiger partial charge on any atom is 0.309 e. The Balaban J connectivity index is 0.00000182. The third-order valence-corrected chi connectivity index (χ3v) is 5.68. The van der Waals surface area contributed by atoms with Gasteiger partial charge in [-0.25, -0.2) is 0 Å². The first-order valence-electron chi connectivity index (χ1n) is 8.18. The van der Waals surface area contributed by atoms with E-state index in [1.807, 2.05) is 31.2 Å². The first-order chi connectivity index (χ1) is 11.6. The van der Waals surface area contributed by atoms with Gasteiger partial charge in [-0.2, -0.15) is 8.42 Å². The van der Waals surface area contributed by atoms with E-state index >= 15 is 0 Å². The minimum atomic E-state index is -3.56. The Morgan fingerprint density at radius 3 is 2.12 bits per heavy atom. The maximum atomic E-state index is 12.2. The van der Waals surface area contributed by atoms with Gasteiger partial charge in [0.1, 0.15) is 5.75 Å². The quantitative estimate of drug-likeness (QED) is 0.294. The Hall–Kier alpha value is -1.33. The van der Waals surface area contributed by atoms with E-state index in [9.17, 15) is 8.42 Å². The summed E-state index contributed by atoms with van der Waals surface area (Å²) in [6, 6.07) is 18.0. The van der Waals surface area contributed by atoms with Crippen molar-refractivity contribution in [1.82, 2.24) is 0 Å². The van der Waals surface area contributed by atoms with Crippen molar-refractivity contribution in [3.8, 4) is 5.75 Å². The Kier molecular flexibility index (Phi) is 5.26. The van der Waals surface area contributed by atoms with E-state index in [1.54, 1.807) is 6.07 Å². The summed E-state index contributed by atoms with van der Waals surface area (Å²) in [6.45, 7) is 1.96. The molecule has 0 atom stereocenters. The van der Waals surface area contributed by atoms with Gasteiger partial charge < -0.3 is 4.18 Å². The smallest absolute Gasteiger partial charge is 0.309 e. The van der Waals surface area contributed by atoms with Crippen molar-refractivity contribution in [3.05, 3.63) is 54.6 Å². The molecule has 0 saturated carbocycles. The number of rotatable bonds is 5. The SMILES string of the molecule is CCCCS(=O)(=O)Oc1ccc2ccc3cccc4ccc1c2c34.[Na]. The molecule has 4 rings (SSSR count). The van der Waals surface area contributed by atoms with Crippen LogP contribution in [0.25, 0.3) is 32.3 Å². The number of benzene rings is 4. The normalized spacial score (nSPS) is 11.9. The van der Waals surface area contributed by atoms with E-state index in [2.05, 4.69) is 24.3 Å². The molecule has 1 radical (unpaired) electrons. The number of unbranched alkanes of at least 4 members (excludes halogenated alkanes) is 1. The minimum absolute atomic E-state index is 0. The second kappa shape index (κ2) is 7.12. The van der Waals surface area contributed by atoms with Gasteiger partial charge in [-0.05, 0) is 40.1 Å². The summed E-state index contributed by atoms with van der Waals surface area (Å²) in [7, 11) is -3.56. The molecular formula is C20H18NaO3S. The summed E-state index contributed by atoms with van der Waals surface area (Å²) in [4.78, 5) is 0. The second-order valence-electron chi connectivity index (χ2n) is 6.12. The van der Waals surface area contributed by atoms with E-state index in [4.69, 9.17) is 4.18 Å². The van der Waals surface area contributed by atoms with Crippen molar-refractivity contribution >= 4 is 72.0 Å². The summed E-state index contributed by atoms with van der Waals surface area (Å²) in [6.07, 6.45) is 1.43. The molecule has 25 heavy (non-hydrogen) atoms. The van der Waals surface area contributed by atoms with Crippen molar-refractivity contribution in [2.45, 2.75) is 19.8 Å². The van der Waals surface area contributed by atoms with Crippen LogP contribution in [0.4, 0.5) is 0 Å². The molecule has 3 nitrogen and oxygen atoms in total. The third-order valence-electron chi connectivity index (χ3n) is 4.45. The van der Waals surface area contributed by atoms with E-state index in [0.717, 1.165) is 38.7 Å². The van der Waals surface area contributed by atoms with Gasteiger partial charge in [0.05, 0.1) is 5.75 Å². The zero-order chi connectivity index (χ0) is 16.7. The fraction of sp³-hybridized carbons (Fsp3) is 0.200. The van der Waals surface area contributed by atoms with Crippen LogP contribution >= 0.6 is 0 Å². The molecule has 0 aliphatic heterocycles. The van der Waals surface area contributed by atoms with Gasteiger partial charge in [-0.15, -0.1) is 0 Å². The Labute approximate surface area is 169 Å². The molecule has 0 amide bonds. The second-order valence-corrected chi connectivity index (χ2v) is 7.81. The summed E-state index contributed by atoms with van der Waals surface area (Å²) in [5.41, 5.74) is 0. The molecule has 123 valence electrons. The van der Waals surface area contributed by atoms with Crippen LogP contribution in [-0.4, -0.2) is 43.7 Å². The predicted octanol–water partition coefficient (Wildman–Crippen LogP) is 4.71. The largest absolute Gasteiger partial charge is 0.382 e. The van der Waals surface area contributed by atoms with Crippen molar-refractivity contribution in [1.29, 1.82) is 0 Å². The molecule has 0 heterocycles. The van der Waals surface area contributed by atoms with Crippen LogP contribution in [0.15, 0.2) is 54.6 Å². The molecule has 0 N–H and O–H groups in total. The average Bonchev–Trinajstić information content (AvgIpc) is 2.59. The standard InChI is InChI=1S/C20H18O3S.Na/c1-2-3-13-24(21,22)23-18-12-10-16-8-7-14-5-4-6-15-9-11-17(18)20(16)19(14)15;/h4-12H,2-3,13H2,1H3;. The average molecular weight is 361 g/mol. The topological polar surface area (TPSA) is 43.4 Å². The minimum Gasteiger partial charge on any atom is -0.382 e. The summed E-state index contributed by atoms with van der Waals surface area (Å²) >= 11 is 0. The zero-order valence-electron chi connectivity index (χ0n) is 14.5. The zero-order valence-corrected chi connectivity index (χ0v) is 17.3. The fourth-order valence-corrected chi connectivity index (χ4v) is 4.43. The molecule has 0 aliphatic rings. The van der Waals surface area contributed by atoms with Crippen LogP contribution in [0.1, 0.15) is 19.8 Å². The summed E-state index contributed by atoms with van der Waals surface area (Å²) < 4.78 is 29.8. The van der Waals surface area contributed by atoms with Gasteiger partial charge in [-0.3, -0.25) is 0 Å². The molecule has 0 aliphatic carbocycles. The molecule has 4 aromatic carbocycles. The Morgan fingerprint density at radius 2 is 1.44 bits per heavy atom. The molecular weight excluding hydrogens is 343 g/mol. The van der Waals surface area contributed by atoms with Crippen molar-refractivity contribution in [3.63, 3.8) is 0 Å². The molecule has 0 fully saturated rings. The fourth-order valence-electron chi connectivity index (χ4n) is 3.28. The van der Waals surface area contributed by atoms with Gasteiger partial charge in [-0.1, -0.05) is 55.8 Å². The molecule has 0 aromatic heterocycles. The molecule has 0 saturated heterocycles. The molecule has 0 unspecified atom stereocenters. The van der Waals surface area contributed by atoms with Crippen LogP contribution in [-0.2, 0) is 10.1 Å². The number of hydrogen-bond acceptors (Lipinski definition) is 3. The van der Waals surface area contributed by atoms with Gasteiger partial charge in [0.2, 0.25) is 0 Å². The molecule has 0 spiro atoms. The van der Waals surface area contributed by atoms with Crippen LogP contribution in [0.2, 0.25) is 0 Å². The molecule has 0 bridgehead atoms. The van der Waals surface area contributed by atoms with Crippen molar-refractivity contribution < 1.29 is 12.6 Å². The van der Waals surface area contributed by atoms with Gasteiger partial charge in [0.15, 0.2) is 0 Å². The molecule has 5 heteroatoms. The van der Waals surface area contributed by atoms with Gasteiger partial charge in [0, 0.05) is 40.3 Å². The van der Waals surface area contributed by atoms with Crippen molar-refractivity contribution in [2.24, 2.45) is 0 Å². The summed E-state index contributed by atoms with van der Waals surface area (Å²) in [5, 5.41) is 6.45. The van der Waals surface area contributed by atoms with Crippen LogP contribution < -0.4 is 4.18 Å². The first-order valence-corrected chi connectivity index (χ1v) is 9.75. The predicted molar refractivity (Wildman–Crippen MR) is 105 cm³/mol. The van der Waals surface area contributed by atoms with Gasteiger partial charge in [0.25, 0.3) is 0 Å². The van der Waals surface area contributed by atoms with Crippen LogP contribution in [0, 0.1) is 0 Å².